The van der Waals surface area contributed by atoms with Crippen LogP contribution >= 0.6 is 24.0 Å². The lowest BCUT2D eigenvalue weighted by molar-refractivity contribution is -0.0173. The monoisotopic (exact) mass is 477 g/mol. The van der Waals surface area contributed by atoms with E-state index in [-0.39, 0.29) is 36.6 Å². The molecule has 5 nitrogen and oxygen atoms in total. The van der Waals surface area contributed by atoms with Gasteiger partial charge in [0.2, 0.25) is 0 Å². The molecule has 0 aromatic heterocycles. The summed E-state index contributed by atoms with van der Waals surface area (Å²) in [4.78, 5) is 6.70. The number of likely N-dealkylation sites (tertiary alicyclic amines) is 1. The van der Waals surface area contributed by atoms with Crippen molar-refractivity contribution < 1.29 is 13.9 Å². The molecule has 0 bridgehead atoms. The molecule has 1 aromatic carbocycles. The first-order chi connectivity index (χ1) is 12.1. The third-order valence-corrected chi connectivity index (χ3v) is 4.79. The van der Waals surface area contributed by atoms with Crippen molar-refractivity contribution in [2.24, 2.45) is 16.8 Å². The van der Waals surface area contributed by atoms with Gasteiger partial charge in [0, 0.05) is 37.8 Å². The molecule has 26 heavy (non-hydrogen) atoms. The lowest BCUT2D eigenvalue weighted by atomic mass is 9.97. The molecule has 0 spiro atoms. The van der Waals surface area contributed by atoms with Crippen molar-refractivity contribution in [2.45, 2.75) is 39.8 Å². The van der Waals surface area contributed by atoms with Crippen molar-refractivity contribution in [1.82, 2.24) is 10.2 Å². The van der Waals surface area contributed by atoms with Gasteiger partial charge in [0.25, 0.3) is 0 Å². The lowest BCUT2D eigenvalue weighted by Crippen LogP contribution is -2.39. The fraction of sp³-hybridized carbons (Fsp3) is 0.632. The molecular weight excluding hydrogens is 448 g/mol. The number of ether oxygens (including phenoxy) is 2. The van der Waals surface area contributed by atoms with Crippen LogP contribution in [0, 0.1) is 17.7 Å². The second kappa shape index (κ2) is 9.73. The van der Waals surface area contributed by atoms with Gasteiger partial charge in [0.1, 0.15) is 11.6 Å². The third-order valence-electron chi connectivity index (χ3n) is 4.79. The van der Waals surface area contributed by atoms with Gasteiger partial charge in [0.05, 0.1) is 6.61 Å². The highest BCUT2D eigenvalue weighted by atomic mass is 127. The molecule has 0 radical (unpaired) electrons. The van der Waals surface area contributed by atoms with E-state index in [1.54, 1.807) is 7.05 Å². The van der Waals surface area contributed by atoms with E-state index < -0.39 is 0 Å². The van der Waals surface area contributed by atoms with Crippen molar-refractivity contribution in [3.05, 3.63) is 29.1 Å². The molecule has 1 N–H and O–H groups in total. The van der Waals surface area contributed by atoms with E-state index in [4.69, 9.17) is 9.47 Å². The zero-order valence-electron chi connectivity index (χ0n) is 15.8. The highest BCUT2D eigenvalue weighted by Gasteiger charge is 2.25. The standard InChI is InChI=1S/C19H28FN3O2.HI/c1-13(2)6-14-4-5-23(10-14)19(21-3)22-9-15-7-17(20)8-16-11-24-12-25-18(15)16;/h7-8,13-14H,4-6,9-12H2,1-3H3,(H,21,22);1H. The van der Waals surface area contributed by atoms with Crippen LogP contribution in [0.15, 0.2) is 17.1 Å². The highest BCUT2D eigenvalue weighted by Crippen LogP contribution is 2.29. The molecule has 1 atom stereocenters. The van der Waals surface area contributed by atoms with Crippen LogP contribution in [-0.4, -0.2) is 37.8 Å². The number of hydrogen-bond donors (Lipinski definition) is 1. The van der Waals surface area contributed by atoms with E-state index in [0.717, 1.165) is 47.8 Å². The summed E-state index contributed by atoms with van der Waals surface area (Å²) in [7, 11) is 1.80. The van der Waals surface area contributed by atoms with E-state index in [1.807, 2.05) is 0 Å². The molecule has 1 unspecified atom stereocenters. The van der Waals surface area contributed by atoms with Crippen LogP contribution in [-0.2, 0) is 17.9 Å². The SMILES string of the molecule is CN=C(NCc1cc(F)cc2c1OCOC2)N1CCC(CC(C)C)C1.I. The number of nitrogens with one attached hydrogen (secondary N) is 1. The molecular formula is C19H29FIN3O2. The van der Waals surface area contributed by atoms with Crippen LogP contribution < -0.4 is 10.1 Å². The first-order valence-corrected chi connectivity index (χ1v) is 9.04. The second-order valence-electron chi connectivity index (χ2n) is 7.29. The number of benzene rings is 1. The molecule has 0 amide bonds. The minimum absolute atomic E-state index is 0. The molecule has 0 saturated carbocycles. The lowest BCUT2D eigenvalue weighted by Gasteiger charge is -2.24. The molecule has 146 valence electrons. The number of guanidine groups is 1. The van der Waals surface area contributed by atoms with E-state index in [0.29, 0.717) is 13.2 Å². The van der Waals surface area contributed by atoms with Gasteiger partial charge in [-0.05, 0) is 36.8 Å². The van der Waals surface area contributed by atoms with Crippen molar-refractivity contribution in [1.29, 1.82) is 0 Å². The number of aliphatic imine (C=N–C) groups is 1. The van der Waals surface area contributed by atoms with Crippen LogP contribution in [0.5, 0.6) is 5.75 Å². The van der Waals surface area contributed by atoms with Gasteiger partial charge in [-0.1, -0.05) is 13.8 Å². The Morgan fingerprint density at radius 2 is 2.23 bits per heavy atom. The Morgan fingerprint density at radius 1 is 1.42 bits per heavy atom. The van der Waals surface area contributed by atoms with Crippen molar-refractivity contribution in [3.63, 3.8) is 0 Å². The molecule has 1 saturated heterocycles. The summed E-state index contributed by atoms with van der Waals surface area (Å²) in [5.74, 6) is 2.78. The van der Waals surface area contributed by atoms with Gasteiger partial charge in [0.15, 0.2) is 12.8 Å². The molecule has 3 rings (SSSR count). The summed E-state index contributed by atoms with van der Waals surface area (Å²) in [5, 5.41) is 3.37. The minimum Gasteiger partial charge on any atom is -0.467 e. The van der Waals surface area contributed by atoms with Crippen molar-refractivity contribution >= 4 is 29.9 Å². The summed E-state index contributed by atoms with van der Waals surface area (Å²) in [5.41, 5.74) is 1.56. The molecule has 7 heteroatoms. The van der Waals surface area contributed by atoms with Gasteiger partial charge in [-0.3, -0.25) is 4.99 Å². The Morgan fingerprint density at radius 3 is 2.96 bits per heavy atom. The predicted molar refractivity (Wildman–Crippen MR) is 111 cm³/mol. The second-order valence-corrected chi connectivity index (χ2v) is 7.29. The number of rotatable bonds is 4. The topological polar surface area (TPSA) is 46.1 Å². The van der Waals surface area contributed by atoms with Crippen molar-refractivity contribution in [3.8, 4) is 5.75 Å². The first kappa shape index (κ1) is 21.2. The van der Waals surface area contributed by atoms with E-state index in [1.165, 1.54) is 25.0 Å². The summed E-state index contributed by atoms with van der Waals surface area (Å²) in [6.07, 6.45) is 2.45. The molecule has 1 fully saturated rings. The molecule has 0 aliphatic carbocycles. The van der Waals surface area contributed by atoms with Gasteiger partial charge in [-0.15, -0.1) is 24.0 Å². The quantitative estimate of drug-likeness (QED) is 0.408. The van der Waals surface area contributed by atoms with Crippen molar-refractivity contribution in [2.75, 3.05) is 26.9 Å². The van der Waals surface area contributed by atoms with E-state index in [2.05, 4.69) is 29.1 Å². The summed E-state index contributed by atoms with van der Waals surface area (Å²) in [6, 6.07) is 3.00. The fourth-order valence-electron chi connectivity index (χ4n) is 3.78. The maximum absolute atomic E-state index is 13.9. The average Bonchev–Trinajstić information content (AvgIpc) is 3.02. The Hall–Kier alpha value is -1.09. The van der Waals surface area contributed by atoms with Crippen LogP contribution in [0.2, 0.25) is 0 Å². The maximum atomic E-state index is 13.9. The van der Waals surface area contributed by atoms with Crippen LogP contribution in [0.25, 0.3) is 0 Å². The Bertz CT molecular complexity index is 639. The third kappa shape index (κ3) is 5.22. The zero-order chi connectivity index (χ0) is 17.8. The summed E-state index contributed by atoms with van der Waals surface area (Å²) < 4.78 is 24.7. The van der Waals surface area contributed by atoms with Crippen LogP contribution in [0.3, 0.4) is 0 Å². The Labute approximate surface area is 172 Å². The molecule has 2 heterocycles. The zero-order valence-corrected chi connectivity index (χ0v) is 18.1. The van der Waals surface area contributed by atoms with Crippen LogP contribution in [0.4, 0.5) is 4.39 Å². The smallest absolute Gasteiger partial charge is 0.193 e. The number of fused-ring (bicyclic) bond motifs is 1. The molecule has 2 aliphatic rings. The normalized spacial score (nSPS) is 19.8. The van der Waals surface area contributed by atoms with Gasteiger partial charge in [-0.2, -0.15) is 0 Å². The molecule has 2 aliphatic heterocycles. The van der Waals surface area contributed by atoms with Gasteiger partial charge in [-0.25, -0.2) is 4.39 Å². The fourth-order valence-corrected chi connectivity index (χ4v) is 3.78. The first-order valence-electron chi connectivity index (χ1n) is 9.04. The summed E-state index contributed by atoms with van der Waals surface area (Å²) >= 11 is 0. The van der Waals surface area contributed by atoms with E-state index >= 15 is 0 Å². The molecule has 1 aromatic rings. The largest absolute Gasteiger partial charge is 0.467 e. The Kier molecular flexibility index (Phi) is 7.94. The van der Waals surface area contributed by atoms with Crippen LogP contribution in [0.1, 0.15) is 37.8 Å². The van der Waals surface area contributed by atoms with Gasteiger partial charge >= 0.3 is 0 Å². The maximum Gasteiger partial charge on any atom is 0.193 e. The van der Waals surface area contributed by atoms with Gasteiger partial charge < -0.3 is 19.7 Å². The minimum atomic E-state index is -0.266. The highest BCUT2D eigenvalue weighted by molar-refractivity contribution is 14.0. The summed E-state index contributed by atoms with van der Waals surface area (Å²) in [6.45, 7) is 7.67. The average molecular weight is 477 g/mol. The number of hydrogen-bond acceptors (Lipinski definition) is 3. The Balaban J connectivity index is 0.00000243. The van der Waals surface area contributed by atoms with E-state index in [9.17, 15) is 4.39 Å². The number of halogens is 2. The predicted octanol–water partition coefficient (Wildman–Crippen LogP) is 3.75. The number of nitrogens with zero attached hydrogens (tertiary/aromatic N) is 2.